The highest BCUT2D eigenvalue weighted by Crippen LogP contribution is 1.98. The molecule has 1 aromatic rings. The topological polar surface area (TPSA) is 12.9 Å². The second-order valence-corrected chi connectivity index (χ2v) is 3.18. The second kappa shape index (κ2) is 1.89. The first kappa shape index (κ1) is 5.20. The van der Waals surface area contributed by atoms with Gasteiger partial charge in [-0.3, -0.25) is 0 Å². The maximum atomic E-state index is 4.09. The SMILES string of the molecule is Cc1csc(P)n1. The maximum Gasteiger partial charge on any atom is 0.109 e. The van der Waals surface area contributed by atoms with Crippen LogP contribution in [0.4, 0.5) is 0 Å². The van der Waals surface area contributed by atoms with Gasteiger partial charge in [0, 0.05) is 11.1 Å². The van der Waals surface area contributed by atoms with Crippen molar-refractivity contribution in [2.45, 2.75) is 6.92 Å². The lowest BCUT2D eigenvalue weighted by molar-refractivity contribution is 1.30. The van der Waals surface area contributed by atoms with E-state index in [1.54, 1.807) is 11.3 Å². The number of hydrogen-bond acceptors (Lipinski definition) is 2. The first-order chi connectivity index (χ1) is 3.29. The molecule has 0 aromatic carbocycles. The lowest BCUT2D eigenvalue weighted by Crippen LogP contribution is -1.83. The van der Waals surface area contributed by atoms with E-state index in [9.17, 15) is 0 Å². The number of rotatable bonds is 0. The lowest BCUT2D eigenvalue weighted by Gasteiger charge is -1.70. The molecule has 1 aromatic heterocycles. The monoisotopic (exact) mass is 131 g/mol. The molecule has 1 atom stereocenters. The summed E-state index contributed by atoms with van der Waals surface area (Å²) < 4.78 is 1.07. The van der Waals surface area contributed by atoms with Crippen LogP contribution in [0, 0.1) is 6.92 Å². The third-order valence-electron chi connectivity index (χ3n) is 0.637. The van der Waals surface area contributed by atoms with Gasteiger partial charge < -0.3 is 0 Å². The summed E-state index contributed by atoms with van der Waals surface area (Å²) in [6.07, 6.45) is 0. The van der Waals surface area contributed by atoms with Crippen LogP contribution in [0.2, 0.25) is 0 Å². The number of nitrogens with zero attached hydrogens (tertiary/aromatic N) is 1. The first-order valence-electron chi connectivity index (χ1n) is 1.96. The minimum Gasteiger partial charge on any atom is -0.242 e. The summed E-state index contributed by atoms with van der Waals surface area (Å²) in [7, 11) is 2.56. The molecular weight excluding hydrogens is 125 g/mol. The predicted molar refractivity (Wildman–Crippen MR) is 36.2 cm³/mol. The van der Waals surface area contributed by atoms with Crippen LogP contribution in [-0.2, 0) is 0 Å². The van der Waals surface area contributed by atoms with Crippen LogP contribution in [-0.4, -0.2) is 4.98 Å². The summed E-state index contributed by atoms with van der Waals surface area (Å²) in [4.78, 5) is 4.09. The van der Waals surface area contributed by atoms with Gasteiger partial charge in [0.25, 0.3) is 0 Å². The quantitative estimate of drug-likeness (QED) is 0.478. The summed E-state index contributed by atoms with van der Waals surface area (Å²) in [6, 6.07) is 0. The van der Waals surface area contributed by atoms with Crippen LogP contribution in [0.5, 0.6) is 0 Å². The normalized spacial score (nSPS) is 9.43. The van der Waals surface area contributed by atoms with Crippen molar-refractivity contribution >= 4 is 25.3 Å². The van der Waals surface area contributed by atoms with Crippen molar-refractivity contribution in [3.63, 3.8) is 0 Å². The van der Waals surface area contributed by atoms with E-state index in [0.717, 1.165) is 10.4 Å². The zero-order valence-corrected chi connectivity index (χ0v) is 5.98. The molecule has 1 heterocycles. The highest BCUT2D eigenvalue weighted by Gasteiger charge is 1.86. The van der Waals surface area contributed by atoms with E-state index in [1.807, 2.05) is 12.3 Å². The van der Waals surface area contributed by atoms with Gasteiger partial charge in [-0.05, 0) is 6.92 Å². The summed E-state index contributed by atoms with van der Waals surface area (Å²) in [5.74, 6) is 0. The van der Waals surface area contributed by atoms with Crippen molar-refractivity contribution in [1.82, 2.24) is 4.98 Å². The van der Waals surface area contributed by atoms with E-state index in [2.05, 4.69) is 14.2 Å². The van der Waals surface area contributed by atoms with Crippen molar-refractivity contribution in [2.24, 2.45) is 0 Å². The molecule has 1 unspecified atom stereocenters. The van der Waals surface area contributed by atoms with Gasteiger partial charge in [0.1, 0.15) is 4.75 Å². The lowest BCUT2D eigenvalue weighted by atomic mass is 10.6. The maximum absolute atomic E-state index is 4.09. The second-order valence-electron chi connectivity index (χ2n) is 1.33. The Kier molecular flexibility index (Phi) is 1.40. The van der Waals surface area contributed by atoms with Crippen LogP contribution < -0.4 is 4.75 Å². The minimum atomic E-state index is 1.07. The van der Waals surface area contributed by atoms with Crippen LogP contribution in [0.3, 0.4) is 0 Å². The van der Waals surface area contributed by atoms with E-state index in [-0.39, 0.29) is 0 Å². The van der Waals surface area contributed by atoms with Gasteiger partial charge >= 0.3 is 0 Å². The fourth-order valence-corrected chi connectivity index (χ4v) is 1.32. The molecule has 0 amide bonds. The smallest absolute Gasteiger partial charge is 0.109 e. The first-order valence-corrected chi connectivity index (χ1v) is 3.42. The Labute approximate surface area is 49.0 Å². The fourth-order valence-electron chi connectivity index (χ4n) is 0.372. The Bertz CT molecular complexity index is 144. The average Bonchev–Trinajstić information content (AvgIpc) is 1.87. The van der Waals surface area contributed by atoms with E-state index in [4.69, 9.17) is 0 Å². The van der Waals surface area contributed by atoms with Gasteiger partial charge in [-0.25, -0.2) is 4.98 Å². The van der Waals surface area contributed by atoms with Crippen LogP contribution in [0.15, 0.2) is 5.38 Å². The van der Waals surface area contributed by atoms with E-state index < -0.39 is 0 Å². The van der Waals surface area contributed by atoms with Gasteiger partial charge in [0.2, 0.25) is 0 Å². The van der Waals surface area contributed by atoms with Crippen molar-refractivity contribution in [1.29, 1.82) is 0 Å². The largest absolute Gasteiger partial charge is 0.242 e. The average molecular weight is 131 g/mol. The van der Waals surface area contributed by atoms with Crippen molar-refractivity contribution in [2.75, 3.05) is 0 Å². The molecule has 1 nitrogen and oxygen atoms in total. The summed E-state index contributed by atoms with van der Waals surface area (Å²) >= 11 is 1.66. The van der Waals surface area contributed by atoms with Gasteiger partial charge in [-0.2, -0.15) is 0 Å². The molecule has 0 radical (unpaired) electrons. The van der Waals surface area contributed by atoms with E-state index in [0.29, 0.717) is 0 Å². The molecular formula is C4H6NPS. The molecule has 0 saturated carbocycles. The Morgan fingerprint density at radius 3 is 2.71 bits per heavy atom. The third-order valence-corrected chi connectivity index (χ3v) is 1.97. The van der Waals surface area contributed by atoms with Crippen LogP contribution in [0.25, 0.3) is 0 Å². The van der Waals surface area contributed by atoms with E-state index in [1.165, 1.54) is 0 Å². The molecule has 0 N–H and O–H groups in total. The summed E-state index contributed by atoms with van der Waals surface area (Å²) in [5, 5.41) is 2.03. The number of aryl methyl sites for hydroxylation is 1. The predicted octanol–water partition coefficient (Wildman–Crippen LogP) is 0.952. The Morgan fingerprint density at radius 2 is 2.57 bits per heavy atom. The minimum absolute atomic E-state index is 1.07. The molecule has 1 rings (SSSR count). The fraction of sp³-hybridized carbons (Fsp3) is 0.250. The molecule has 3 heteroatoms. The van der Waals surface area contributed by atoms with Gasteiger partial charge in [0.05, 0.1) is 0 Å². The number of aromatic nitrogens is 1. The molecule has 0 spiro atoms. The Morgan fingerprint density at radius 1 is 1.86 bits per heavy atom. The molecule has 0 aliphatic rings. The number of hydrogen-bond donors (Lipinski definition) is 0. The molecule has 0 saturated heterocycles. The highest BCUT2D eigenvalue weighted by molar-refractivity contribution is 7.42. The molecule has 0 aliphatic heterocycles. The van der Waals surface area contributed by atoms with Crippen molar-refractivity contribution in [3.8, 4) is 0 Å². The molecule has 38 valence electrons. The van der Waals surface area contributed by atoms with Crippen molar-refractivity contribution < 1.29 is 0 Å². The number of thiazole rings is 1. The third kappa shape index (κ3) is 1.22. The molecule has 0 aliphatic carbocycles. The Hall–Kier alpha value is 0.0600. The van der Waals surface area contributed by atoms with E-state index >= 15 is 0 Å². The van der Waals surface area contributed by atoms with Crippen LogP contribution in [0.1, 0.15) is 5.69 Å². The summed E-state index contributed by atoms with van der Waals surface area (Å²) in [5.41, 5.74) is 1.11. The summed E-state index contributed by atoms with van der Waals surface area (Å²) in [6.45, 7) is 1.99. The zero-order chi connectivity index (χ0) is 5.28. The van der Waals surface area contributed by atoms with Gasteiger partial charge in [0.15, 0.2) is 0 Å². The molecule has 7 heavy (non-hydrogen) atoms. The molecule has 0 bridgehead atoms. The highest BCUT2D eigenvalue weighted by atomic mass is 32.1. The van der Waals surface area contributed by atoms with Crippen LogP contribution >= 0.6 is 20.6 Å². The van der Waals surface area contributed by atoms with Crippen molar-refractivity contribution in [3.05, 3.63) is 11.1 Å². The molecule has 0 fully saturated rings. The Balaban J connectivity index is 3.04. The van der Waals surface area contributed by atoms with Gasteiger partial charge in [-0.1, -0.05) is 9.24 Å². The standard InChI is InChI=1S/C4H6NPS/c1-3-2-7-4(6)5-3/h2H,6H2,1H3. The zero-order valence-electron chi connectivity index (χ0n) is 4.01. The van der Waals surface area contributed by atoms with Gasteiger partial charge in [-0.15, -0.1) is 11.3 Å².